The second kappa shape index (κ2) is 5.59. The molecular weight excluding hydrogens is 313 g/mol. The number of carboxylic acid groups (broad SMARTS) is 1. The van der Waals surface area contributed by atoms with Crippen LogP contribution in [0.1, 0.15) is 31.7 Å². The number of aliphatic carboxylic acids is 1. The summed E-state index contributed by atoms with van der Waals surface area (Å²) in [5, 5.41) is 9.44. The van der Waals surface area contributed by atoms with Crippen LogP contribution in [0.2, 0.25) is 0 Å². The third-order valence-corrected chi connectivity index (χ3v) is 4.64. The number of rotatable bonds is 3. The number of benzene rings is 1. The summed E-state index contributed by atoms with van der Waals surface area (Å²) >= 11 is 3.39. The van der Waals surface area contributed by atoms with Crippen LogP contribution in [0.4, 0.5) is 4.39 Å². The average molecular weight is 330 g/mol. The Hall–Kier alpha value is -0.940. The zero-order valence-electron chi connectivity index (χ0n) is 10.8. The fourth-order valence-electron chi connectivity index (χ4n) is 2.54. The summed E-state index contributed by atoms with van der Waals surface area (Å²) in [5.74, 6) is -1.10. The molecule has 1 aliphatic rings. The summed E-state index contributed by atoms with van der Waals surface area (Å²) in [6, 6.07) is 4.51. The first-order valence-electron chi connectivity index (χ1n) is 6.36. The van der Waals surface area contributed by atoms with Crippen molar-refractivity contribution in [1.82, 2.24) is 4.90 Å². The molecule has 0 aromatic heterocycles. The van der Waals surface area contributed by atoms with Gasteiger partial charge in [0.2, 0.25) is 0 Å². The third kappa shape index (κ3) is 2.98. The van der Waals surface area contributed by atoms with Crippen LogP contribution in [0.5, 0.6) is 0 Å². The van der Waals surface area contributed by atoms with Crippen molar-refractivity contribution in [3.05, 3.63) is 34.1 Å². The fraction of sp³-hybridized carbons (Fsp3) is 0.500. The van der Waals surface area contributed by atoms with E-state index in [2.05, 4.69) is 15.9 Å². The molecular formula is C14H17BrFNO2. The molecule has 2 rings (SSSR count). The fourth-order valence-corrected chi connectivity index (χ4v) is 2.91. The number of likely N-dealkylation sites (tertiary alicyclic amines) is 1. The summed E-state index contributed by atoms with van der Waals surface area (Å²) < 4.78 is 14.1. The highest BCUT2D eigenvalue weighted by Crippen LogP contribution is 2.31. The van der Waals surface area contributed by atoms with E-state index in [1.807, 2.05) is 4.90 Å². The first-order valence-corrected chi connectivity index (χ1v) is 7.15. The average Bonchev–Trinajstić information content (AvgIpc) is 2.36. The molecule has 3 nitrogen and oxygen atoms in total. The summed E-state index contributed by atoms with van der Waals surface area (Å²) in [6.07, 6.45) is 2.54. The molecule has 0 bridgehead atoms. The Bertz CT molecular complexity index is 494. The lowest BCUT2D eigenvalue weighted by molar-refractivity contribution is -0.153. The standard InChI is InChI=1S/C14H17BrFNO2/c1-14(13(18)19)6-2-3-7-17(14)9-10-8-11(16)4-5-12(10)15/h4-5,8H,2-3,6-7,9H2,1H3,(H,18,19). The number of carboxylic acids is 1. The molecule has 1 saturated heterocycles. The van der Waals surface area contributed by atoms with Crippen molar-refractivity contribution >= 4 is 21.9 Å². The van der Waals surface area contributed by atoms with Gasteiger partial charge in [-0.15, -0.1) is 0 Å². The van der Waals surface area contributed by atoms with Gasteiger partial charge in [0, 0.05) is 11.0 Å². The van der Waals surface area contributed by atoms with E-state index in [0.717, 1.165) is 29.4 Å². The van der Waals surface area contributed by atoms with Crippen molar-refractivity contribution in [3.8, 4) is 0 Å². The molecule has 0 aliphatic carbocycles. The zero-order chi connectivity index (χ0) is 14.0. The van der Waals surface area contributed by atoms with Crippen molar-refractivity contribution < 1.29 is 14.3 Å². The van der Waals surface area contributed by atoms with E-state index < -0.39 is 11.5 Å². The Balaban J connectivity index is 2.25. The molecule has 1 atom stereocenters. The number of carbonyl (C=O) groups is 1. The lowest BCUT2D eigenvalue weighted by atomic mass is 9.88. The van der Waals surface area contributed by atoms with Gasteiger partial charge in [-0.3, -0.25) is 9.69 Å². The van der Waals surface area contributed by atoms with Crippen molar-refractivity contribution in [1.29, 1.82) is 0 Å². The highest BCUT2D eigenvalue weighted by molar-refractivity contribution is 9.10. The van der Waals surface area contributed by atoms with E-state index in [4.69, 9.17) is 0 Å². The molecule has 1 unspecified atom stereocenters. The highest BCUT2D eigenvalue weighted by atomic mass is 79.9. The van der Waals surface area contributed by atoms with E-state index in [-0.39, 0.29) is 5.82 Å². The Labute approximate surface area is 120 Å². The minimum absolute atomic E-state index is 0.299. The number of hydrogen-bond acceptors (Lipinski definition) is 2. The van der Waals surface area contributed by atoms with E-state index in [9.17, 15) is 14.3 Å². The maximum absolute atomic E-state index is 13.3. The smallest absolute Gasteiger partial charge is 0.323 e. The molecule has 0 spiro atoms. The minimum Gasteiger partial charge on any atom is -0.480 e. The van der Waals surface area contributed by atoms with Crippen LogP contribution in [0.15, 0.2) is 22.7 Å². The molecule has 1 heterocycles. The zero-order valence-corrected chi connectivity index (χ0v) is 12.4. The SMILES string of the molecule is CC1(C(=O)O)CCCCN1Cc1cc(F)ccc1Br. The predicted octanol–water partition coefficient (Wildman–Crippen LogP) is 3.42. The van der Waals surface area contributed by atoms with Gasteiger partial charge in [-0.25, -0.2) is 4.39 Å². The molecule has 104 valence electrons. The van der Waals surface area contributed by atoms with Crippen LogP contribution in [-0.2, 0) is 11.3 Å². The van der Waals surface area contributed by atoms with Crippen molar-refractivity contribution in [2.75, 3.05) is 6.54 Å². The Morgan fingerprint density at radius 1 is 1.53 bits per heavy atom. The largest absolute Gasteiger partial charge is 0.480 e. The molecule has 0 radical (unpaired) electrons. The van der Waals surface area contributed by atoms with E-state index in [1.54, 1.807) is 13.0 Å². The third-order valence-electron chi connectivity index (χ3n) is 3.87. The monoisotopic (exact) mass is 329 g/mol. The van der Waals surface area contributed by atoms with Crippen molar-refractivity contribution in [2.24, 2.45) is 0 Å². The number of halogens is 2. The van der Waals surface area contributed by atoms with Crippen LogP contribution in [0, 0.1) is 5.82 Å². The molecule has 1 aliphatic heterocycles. The van der Waals surface area contributed by atoms with E-state index >= 15 is 0 Å². The van der Waals surface area contributed by atoms with Gasteiger partial charge in [0.05, 0.1) is 0 Å². The molecule has 1 aromatic rings. The summed E-state index contributed by atoms with van der Waals surface area (Å²) in [5.41, 5.74) is -0.0707. The van der Waals surface area contributed by atoms with E-state index in [1.165, 1.54) is 12.1 Å². The van der Waals surface area contributed by atoms with E-state index in [0.29, 0.717) is 13.0 Å². The van der Waals surface area contributed by atoms with Crippen LogP contribution >= 0.6 is 15.9 Å². The van der Waals surface area contributed by atoms with Gasteiger partial charge in [-0.2, -0.15) is 0 Å². The van der Waals surface area contributed by atoms with Crippen LogP contribution < -0.4 is 0 Å². The summed E-state index contributed by atoms with van der Waals surface area (Å²) in [6.45, 7) is 2.93. The van der Waals surface area contributed by atoms with Crippen molar-refractivity contribution in [3.63, 3.8) is 0 Å². The van der Waals surface area contributed by atoms with Gasteiger partial charge in [0.25, 0.3) is 0 Å². The molecule has 1 fully saturated rings. The van der Waals surface area contributed by atoms with Crippen LogP contribution in [0.3, 0.4) is 0 Å². The summed E-state index contributed by atoms with van der Waals surface area (Å²) in [7, 11) is 0. The predicted molar refractivity (Wildman–Crippen MR) is 74.4 cm³/mol. The lowest BCUT2D eigenvalue weighted by Gasteiger charge is -2.41. The maximum Gasteiger partial charge on any atom is 0.323 e. The number of nitrogens with zero attached hydrogens (tertiary/aromatic N) is 1. The maximum atomic E-state index is 13.3. The summed E-state index contributed by atoms with van der Waals surface area (Å²) in [4.78, 5) is 13.4. The molecule has 19 heavy (non-hydrogen) atoms. The highest BCUT2D eigenvalue weighted by Gasteiger charge is 2.41. The molecule has 5 heteroatoms. The topological polar surface area (TPSA) is 40.5 Å². The molecule has 0 saturated carbocycles. The Morgan fingerprint density at radius 2 is 2.26 bits per heavy atom. The molecule has 1 aromatic carbocycles. The van der Waals surface area contributed by atoms with Crippen molar-refractivity contribution in [2.45, 2.75) is 38.3 Å². The van der Waals surface area contributed by atoms with Gasteiger partial charge < -0.3 is 5.11 Å². The second-order valence-corrected chi connectivity index (χ2v) is 6.05. The normalized spacial score (nSPS) is 24.4. The first kappa shape index (κ1) is 14.5. The second-order valence-electron chi connectivity index (χ2n) is 5.19. The molecule has 1 N–H and O–H groups in total. The quantitative estimate of drug-likeness (QED) is 0.923. The van der Waals surface area contributed by atoms with Gasteiger partial charge in [-0.1, -0.05) is 15.9 Å². The van der Waals surface area contributed by atoms with Gasteiger partial charge in [0.15, 0.2) is 0 Å². The van der Waals surface area contributed by atoms with Gasteiger partial charge in [-0.05, 0) is 56.5 Å². The Kier molecular flexibility index (Phi) is 4.26. The first-order chi connectivity index (χ1) is 8.93. The molecule has 0 amide bonds. The minimum atomic E-state index is -0.857. The van der Waals surface area contributed by atoms with Crippen LogP contribution in [-0.4, -0.2) is 28.1 Å². The van der Waals surface area contributed by atoms with Gasteiger partial charge >= 0.3 is 5.97 Å². The lowest BCUT2D eigenvalue weighted by Crippen LogP contribution is -2.54. The van der Waals surface area contributed by atoms with Gasteiger partial charge in [0.1, 0.15) is 11.4 Å². The van der Waals surface area contributed by atoms with Crippen LogP contribution in [0.25, 0.3) is 0 Å². The number of hydrogen-bond donors (Lipinski definition) is 1. The Morgan fingerprint density at radius 3 is 2.95 bits per heavy atom. The number of piperidine rings is 1.